The van der Waals surface area contributed by atoms with Crippen molar-refractivity contribution in [3.63, 3.8) is 0 Å². The maximum Gasteiger partial charge on any atom is 0.142 e. The number of pyridine rings is 1. The third-order valence-corrected chi connectivity index (χ3v) is 2.29. The van der Waals surface area contributed by atoms with Crippen LogP contribution in [0.25, 0.3) is 0 Å². The summed E-state index contributed by atoms with van der Waals surface area (Å²) in [6.45, 7) is 6.59. The first-order chi connectivity index (χ1) is 8.22. The molecule has 0 fully saturated rings. The third kappa shape index (κ3) is 5.88. The lowest BCUT2D eigenvalue weighted by Crippen LogP contribution is -2.11. The first kappa shape index (κ1) is 13.5. The molecular weight excluding hydrogens is 214 g/mol. The summed E-state index contributed by atoms with van der Waals surface area (Å²) in [5.74, 6) is 0.682. The van der Waals surface area contributed by atoms with Crippen molar-refractivity contribution in [1.82, 2.24) is 4.98 Å². The van der Waals surface area contributed by atoms with E-state index in [2.05, 4.69) is 24.1 Å². The molecular formula is C13H19N3O. The zero-order valence-corrected chi connectivity index (χ0v) is 10.4. The number of rotatable bonds is 7. The highest BCUT2D eigenvalue weighted by Gasteiger charge is 1.96. The normalized spacial score (nSPS) is 10.2. The molecule has 17 heavy (non-hydrogen) atoms. The monoisotopic (exact) mass is 233 g/mol. The quantitative estimate of drug-likeness (QED) is 0.735. The van der Waals surface area contributed by atoms with Crippen LogP contribution >= 0.6 is 0 Å². The lowest BCUT2D eigenvalue weighted by molar-refractivity contribution is 0.132. The second-order valence-corrected chi connectivity index (χ2v) is 4.26. The number of aromatic nitrogens is 1. The van der Waals surface area contributed by atoms with Crippen molar-refractivity contribution in [1.29, 1.82) is 5.26 Å². The van der Waals surface area contributed by atoms with E-state index in [1.54, 1.807) is 12.3 Å². The molecule has 0 aliphatic rings. The third-order valence-electron chi connectivity index (χ3n) is 2.29. The van der Waals surface area contributed by atoms with Crippen LogP contribution in [0.4, 0.5) is 5.69 Å². The van der Waals surface area contributed by atoms with Gasteiger partial charge in [-0.1, -0.05) is 13.8 Å². The van der Waals surface area contributed by atoms with Crippen molar-refractivity contribution >= 4 is 5.69 Å². The van der Waals surface area contributed by atoms with Crippen LogP contribution in [0.3, 0.4) is 0 Å². The summed E-state index contributed by atoms with van der Waals surface area (Å²) in [5, 5.41) is 11.9. The summed E-state index contributed by atoms with van der Waals surface area (Å²) >= 11 is 0. The van der Waals surface area contributed by atoms with Crippen LogP contribution in [0.15, 0.2) is 18.3 Å². The molecule has 4 nitrogen and oxygen atoms in total. The van der Waals surface area contributed by atoms with Crippen LogP contribution in [0.2, 0.25) is 0 Å². The average molecular weight is 233 g/mol. The second-order valence-electron chi connectivity index (χ2n) is 4.26. The Balaban J connectivity index is 2.16. The Kier molecular flexibility index (Phi) is 6.05. The molecule has 0 saturated carbocycles. The minimum atomic E-state index is 0.427. The number of nitrogens with zero attached hydrogens (tertiary/aromatic N) is 2. The van der Waals surface area contributed by atoms with E-state index < -0.39 is 0 Å². The molecule has 92 valence electrons. The fraction of sp³-hybridized carbons (Fsp3) is 0.538. The summed E-state index contributed by atoms with van der Waals surface area (Å²) in [6.07, 6.45) is 2.72. The zero-order valence-electron chi connectivity index (χ0n) is 10.4. The van der Waals surface area contributed by atoms with Crippen LogP contribution in [0.5, 0.6) is 0 Å². The van der Waals surface area contributed by atoms with Crippen LogP contribution in [0, 0.1) is 17.2 Å². The van der Waals surface area contributed by atoms with Gasteiger partial charge in [0.1, 0.15) is 11.8 Å². The fourth-order valence-corrected chi connectivity index (χ4v) is 1.29. The number of hydrogen-bond acceptors (Lipinski definition) is 4. The minimum absolute atomic E-state index is 0.427. The molecule has 0 bridgehead atoms. The largest absolute Gasteiger partial charge is 0.383 e. The van der Waals surface area contributed by atoms with Crippen molar-refractivity contribution < 1.29 is 4.74 Å². The summed E-state index contributed by atoms with van der Waals surface area (Å²) in [6, 6.07) is 5.58. The Hall–Kier alpha value is -1.60. The van der Waals surface area contributed by atoms with Crippen molar-refractivity contribution in [2.75, 3.05) is 25.1 Å². The maximum atomic E-state index is 8.69. The summed E-state index contributed by atoms with van der Waals surface area (Å²) < 4.78 is 5.48. The molecule has 1 heterocycles. The number of hydrogen-bond donors (Lipinski definition) is 1. The molecule has 0 radical (unpaired) electrons. The van der Waals surface area contributed by atoms with E-state index in [1.807, 2.05) is 12.1 Å². The van der Waals surface area contributed by atoms with Crippen LogP contribution in [-0.4, -0.2) is 24.7 Å². The van der Waals surface area contributed by atoms with Gasteiger partial charge in [0.15, 0.2) is 0 Å². The van der Waals surface area contributed by atoms with Gasteiger partial charge < -0.3 is 10.1 Å². The summed E-state index contributed by atoms with van der Waals surface area (Å²) in [7, 11) is 0. The predicted molar refractivity (Wildman–Crippen MR) is 67.7 cm³/mol. The first-order valence-electron chi connectivity index (χ1n) is 5.90. The van der Waals surface area contributed by atoms with Crippen molar-refractivity contribution in [3.8, 4) is 6.07 Å². The molecule has 0 aliphatic carbocycles. The molecule has 1 N–H and O–H groups in total. The molecule has 1 aromatic rings. The highest BCUT2D eigenvalue weighted by Crippen LogP contribution is 2.06. The Morgan fingerprint density at radius 3 is 3.00 bits per heavy atom. The maximum absolute atomic E-state index is 8.69. The van der Waals surface area contributed by atoms with Gasteiger partial charge in [-0.3, -0.25) is 0 Å². The SMILES string of the molecule is CC(C)CCOCCNc1ccnc(C#N)c1. The number of nitriles is 1. The number of nitrogens with one attached hydrogen (secondary N) is 1. The minimum Gasteiger partial charge on any atom is -0.383 e. The van der Waals surface area contributed by atoms with Crippen molar-refractivity contribution in [2.24, 2.45) is 5.92 Å². The van der Waals surface area contributed by atoms with E-state index in [1.165, 1.54) is 0 Å². The van der Waals surface area contributed by atoms with E-state index in [-0.39, 0.29) is 0 Å². The van der Waals surface area contributed by atoms with Gasteiger partial charge >= 0.3 is 0 Å². The number of anilines is 1. The zero-order chi connectivity index (χ0) is 12.5. The van der Waals surface area contributed by atoms with E-state index in [0.717, 1.165) is 25.3 Å². The van der Waals surface area contributed by atoms with Gasteiger partial charge in [0.05, 0.1) is 6.61 Å². The molecule has 4 heteroatoms. The molecule has 0 spiro atoms. The van der Waals surface area contributed by atoms with E-state index in [9.17, 15) is 0 Å². The van der Waals surface area contributed by atoms with Crippen molar-refractivity contribution in [2.45, 2.75) is 20.3 Å². The Morgan fingerprint density at radius 1 is 1.47 bits per heavy atom. The Bertz CT molecular complexity index is 371. The Morgan fingerprint density at radius 2 is 2.29 bits per heavy atom. The first-order valence-corrected chi connectivity index (χ1v) is 5.90. The smallest absolute Gasteiger partial charge is 0.142 e. The van der Waals surface area contributed by atoms with Crippen LogP contribution < -0.4 is 5.32 Å². The highest BCUT2D eigenvalue weighted by atomic mass is 16.5. The molecule has 0 amide bonds. The second kappa shape index (κ2) is 7.64. The van der Waals surface area contributed by atoms with Gasteiger partial charge in [-0.15, -0.1) is 0 Å². The van der Waals surface area contributed by atoms with E-state index in [0.29, 0.717) is 18.2 Å². The van der Waals surface area contributed by atoms with Crippen LogP contribution in [-0.2, 0) is 4.74 Å². The topological polar surface area (TPSA) is 57.9 Å². The summed E-state index contributed by atoms with van der Waals surface area (Å²) in [5.41, 5.74) is 1.33. The van der Waals surface area contributed by atoms with Crippen molar-refractivity contribution in [3.05, 3.63) is 24.0 Å². The van der Waals surface area contributed by atoms with Gasteiger partial charge in [0, 0.05) is 25.0 Å². The van der Waals surface area contributed by atoms with E-state index >= 15 is 0 Å². The number of ether oxygens (including phenoxy) is 1. The molecule has 0 unspecified atom stereocenters. The van der Waals surface area contributed by atoms with Gasteiger partial charge in [-0.2, -0.15) is 5.26 Å². The molecule has 0 atom stereocenters. The fourth-order valence-electron chi connectivity index (χ4n) is 1.29. The average Bonchev–Trinajstić information content (AvgIpc) is 2.33. The predicted octanol–water partition coefficient (Wildman–Crippen LogP) is 2.43. The summed E-state index contributed by atoms with van der Waals surface area (Å²) in [4.78, 5) is 3.90. The van der Waals surface area contributed by atoms with Gasteiger partial charge in [-0.05, 0) is 24.5 Å². The van der Waals surface area contributed by atoms with Gasteiger partial charge in [-0.25, -0.2) is 4.98 Å². The van der Waals surface area contributed by atoms with Gasteiger partial charge in [0.25, 0.3) is 0 Å². The lowest BCUT2D eigenvalue weighted by atomic mass is 10.1. The molecule has 0 saturated heterocycles. The highest BCUT2D eigenvalue weighted by molar-refractivity contribution is 5.45. The van der Waals surface area contributed by atoms with Gasteiger partial charge in [0.2, 0.25) is 0 Å². The molecule has 0 aromatic carbocycles. The lowest BCUT2D eigenvalue weighted by Gasteiger charge is -2.08. The Labute approximate surface area is 103 Å². The standard InChI is InChI=1S/C13H19N3O/c1-11(2)4-7-17-8-6-16-12-3-5-15-13(9-12)10-14/h3,5,9,11H,4,6-8H2,1-2H3,(H,15,16). The van der Waals surface area contributed by atoms with E-state index in [4.69, 9.17) is 10.00 Å². The molecule has 1 rings (SSSR count). The molecule has 1 aromatic heterocycles. The van der Waals surface area contributed by atoms with Crippen LogP contribution in [0.1, 0.15) is 26.0 Å². The molecule has 0 aliphatic heterocycles.